The van der Waals surface area contributed by atoms with Gasteiger partial charge in [-0.2, -0.15) is 0 Å². The molecular formula is C48H33N5. The lowest BCUT2D eigenvalue weighted by Crippen LogP contribution is -2.11. The minimum Gasteiger partial charge on any atom is -0.310 e. The summed E-state index contributed by atoms with van der Waals surface area (Å²) in [6.07, 6.45) is 0. The van der Waals surface area contributed by atoms with Crippen molar-refractivity contribution in [3.8, 4) is 34.2 Å². The highest BCUT2D eigenvalue weighted by atomic mass is 15.3. The van der Waals surface area contributed by atoms with Gasteiger partial charge in [-0.1, -0.05) is 140 Å². The van der Waals surface area contributed by atoms with E-state index in [-0.39, 0.29) is 0 Å². The lowest BCUT2D eigenvalue weighted by Gasteiger charge is -2.28. The Balaban J connectivity index is 1.14. The highest BCUT2D eigenvalue weighted by Crippen LogP contribution is 2.43. The molecule has 8 aromatic carbocycles. The van der Waals surface area contributed by atoms with Crippen LogP contribution < -0.4 is 4.90 Å². The Morgan fingerprint density at radius 1 is 0.340 bits per heavy atom. The topological polar surface area (TPSA) is 38.9 Å². The van der Waals surface area contributed by atoms with Crippen molar-refractivity contribution in [2.24, 2.45) is 0 Å². The standard InChI is InChI=1S/C48H33N5/c1-4-16-34(17-5-1)47-49-50-48(35-18-6-2-7-19-35)52(47)38-30-28-37(29-31-38)51(36-20-8-3-9-21-36)45-32-33-46(42-23-11-10-22-41(42)45)53-43-26-14-12-24-39(43)40-25-13-15-27-44(40)53/h1-33H. The van der Waals surface area contributed by atoms with E-state index in [2.05, 4.69) is 178 Å². The molecular weight excluding hydrogens is 647 g/mol. The average molecular weight is 680 g/mol. The lowest BCUT2D eigenvalue weighted by atomic mass is 10.0. The van der Waals surface area contributed by atoms with Gasteiger partial charge in [0, 0.05) is 49.7 Å². The Bertz CT molecular complexity index is 2760. The molecule has 0 aliphatic heterocycles. The van der Waals surface area contributed by atoms with Crippen molar-refractivity contribution >= 4 is 49.6 Å². The predicted octanol–water partition coefficient (Wildman–Crippen LogP) is 12.3. The molecule has 0 amide bonds. The molecule has 0 N–H and O–H groups in total. The summed E-state index contributed by atoms with van der Waals surface area (Å²) >= 11 is 0. The van der Waals surface area contributed by atoms with Crippen molar-refractivity contribution in [3.63, 3.8) is 0 Å². The highest BCUT2D eigenvalue weighted by Gasteiger charge is 2.21. The molecule has 5 nitrogen and oxygen atoms in total. The molecule has 0 aliphatic carbocycles. The van der Waals surface area contributed by atoms with Gasteiger partial charge in [-0.05, 0) is 60.7 Å². The molecule has 0 saturated carbocycles. The number of fused-ring (bicyclic) bond motifs is 4. The van der Waals surface area contributed by atoms with Crippen molar-refractivity contribution in [2.45, 2.75) is 0 Å². The second-order valence-electron chi connectivity index (χ2n) is 13.1. The molecule has 10 rings (SSSR count). The van der Waals surface area contributed by atoms with Gasteiger partial charge in [0.2, 0.25) is 0 Å². The van der Waals surface area contributed by atoms with Crippen LogP contribution in [-0.2, 0) is 0 Å². The number of para-hydroxylation sites is 3. The quantitative estimate of drug-likeness (QED) is 0.168. The summed E-state index contributed by atoms with van der Waals surface area (Å²) < 4.78 is 4.56. The van der Waals surface area contributed by atoms with Crippen LogP contribution in [0.2, 0.25) is 0 Å². The van der Waals surface area contributed by atoms with Gasteiger partial charge < -0.3 is 9.47 Å². The maximum atomic E-state index is 4.69. The monoisotopic (exact) mass is 679 g/mol. The van der Waals surface area contributed by atoms with E-state index in [1.807, 2.05) is 36.4 Å². The fourth-order valence-corrected chi connectivity index (χ4v) is 7.67. The number of aromatic nitrogens is 4. The summed E-state index contributed by atoms with van der Waals surface area (Å²) in [6.45, 7) is 0. The van der Waals surface area contributed by atoms with Crippen LogP contribution in [0.4, 0.5) is 17.1 Å². The van der Waals surface area contributed by atoms with Crippen LogP contribution in [-0.4, -0.2) is 19.3 Å². The van der Waals surface area contributed by atoms with Gasteiger partial charge in [0.05, 0.1) is 22.4 Å². The van der Waals surface area contributed by atoms with Gasteiger partial charge in [-0.25, -0.2) is 0 Å². The molecule has 0 unspecified atom stereocenters. The lowest BCUT2D eigenvalue weighted by molar-refractivity contribution is 1.07. The highest BCUT2D eigenvalue weighted by molar-refractivity contribution is 6.11. The van der Waals surface area contributed by atoms with Gasteiger partial charge in [0.15, 0.2) is 11.6 Å². The molecule has 0 bridgehead atoms. The molecule has 2 aromatic heterocycles. The molecule has 53 heavy (non-hydrogen) atoms. The second kappa shape index (κ2) is 12.8. The third-order valence-electron chi connectivity index (χ3n) is 10.0. The van der Waals surface area contributed by atoms with E-state index in [9.17, 15) is 0 Å². The summed E-state index contributed by atoms with van der Waals surface area (Å²) in [6, 6.07) is 70.5. The molecule has 0 fully saturated rings. The van der Waals surface area contributed by atoms with Crippen LogP contribution in [0.3, 0.4) is 0 Å². The number of benzene rings is 8. The van der Waals surface area contributed by atoms with Crippen LogP contribution >= 0.6 is 0 Å². The van der Waals surface area contributed by atoms with Crippen LogP contribution in [0.5, 0.6) is 0 Å². The molecule has 0 saturated heterocycles. The van der Waals surface area contributed by atoms with E-state index in [4.69, 9.17) is 10.2 Å². The molecule has 250 valence electrons. The third-order valence-corrected chi connectivity index (χ3v) is 10.0. The zero-order valence-electron chi connectivity index (χ0n) is 28.8. The smallest absolute Gasteiger partial charge is 0.168 e. The summed E-state index contributed by atoms with van der Waals surface area (Å²) in [5.74, 6) is 1.59. The Labute approximate surface area is 307 Å². The molecule has 0 atom stereocenters. The van der Waals surface area contributed by atoms with Crippen molar-refractivity contribution in [1.82, 2.24) is 19.3 Å². The second-order valence-corrected chi connectivity index (χ2v) is 13.1. The maximum absolute atomic E-state index is 4.69. The van der Waals surface area contributed by atoms with Crippen molar-refractivity contribution in [2.75, 3.05) is 4.90 Å². The van der Waals surface area contributed by atoms with E-state index >= 15 is 0 Å². The van der Waals surface area contributed by atoms with E-state index in [1.54, 1.807) is 0 Å². The Kier molecular flexibility index (Phi) is 7.40. The first-order valence-electron chi connectivity index (χ1n) is 17.9. The number of anilines is 3. The Morgan fingerprint density at radius 3 is 1.36 bits per heavy atom. The fourth-order valence-electron chi connectivity index (χ4n) is 7.67. The zero-order chi connectivity index (χ0) is 35.1. The van der Waals surface area contributed by atoms with Gasteiger partial charge >= 0.3 is 0 Å². The summed E-state index contributed by atoms with van der Waals surface area (Å²) in [5, 5.41) is 14.2. The minimum atomic E-state index is 0.795. The van der Waals surface area contributed by atoms with Crippen molar-refractivity contribution in [3.05, 3.63) is 200 Å². The largest absolute Gasteiger partial charge is 0.310 e. The Hall–Kier alpha value is -7.24. The van der Waals surface area contributed by atoms with Crippen LogP contribution in [0, 0.1) is 0 Å². The molecule has 0 radical (unpaired) electrons. The molecule has 10 aromatic rings. The average Bonchev–Trinajstić information content (AvgIpc) is 3.83. The summed E-state index contributed by atoms with van der Waals surface area (Å²) in [5.41, 5.74) is 9.76. The first-order valence-corrected chi connectivity index (χ1v) is 17.9. The maximum Gasteiger partial charge on any atom is 0.168 e. The summed E-state index contributed by atoms with van der Waals surface area (Å²) in [7, 11) is 0. The molecule has 5 heteroatoms. The van der Waals surface area contributed by atoms with E-state index in [0.717, 1.165) is 56.6 Å². The SMILES string of the molecule is c1ccc(-c2nnc(-c3ccccc3)n2-c2ccc(N(c3ccccc3)c3ccc(-n4c5ccccc5c5ccccc54)c4ccccc34)cc2)cc1. The van der Waals surface area contributed by atoms with Crippen LogP contribution in [0.15, 0.2) is 200 Å². The number of hydrogen-bond donors (Lipinski definition) is 0. The molecule has 0 spiro atoms. The van der Waals surface area contributed by atoms with E-state index < -0.39 is 0 Å². The number of rotatable bonds is 7. The van der Waals surface area contributed by atoms with Crippen LogP contribution in [0.1, 0.15) is 0 Å². The van der Waals surface area contributed by atoms with Crippen molar-refractivity contribution < 1.29 is 0 Å². The fraction of sp³-hybridized carbons (Fsp3) is 0. The van der Waals surface area contributed by atoms with Gasteiger partial charge in [-0.3, -0.25) is 4.57 Å². The minimum absolute atomic E-state index is 0.795. The van der Waals surface area contributed by atoms with Gasteiger partial charge in [0.25, 0.3) is 0 Å². The predicted molar refractivity (Wildman–Crippen MR) is 219 cm³/mol. The van der Waals surface area contributed by atoms with Crippen molar-refractivity contribution in [1.29, 1.82) is 0 Å². The molecule has 2 heterocycles. The van der Waals surface area contributed by atoms with Gasteiger partial charge in [0.1, 0.15) is 0 Å². The Morgan fingerprint density at radius 2 is 0.792 bits per heavy atom. The summed E-state index contributed by atoms with van der Waals surface area (Å²) in [4.78, 5) is 2.35. The van der Waals surface area contributed by atoms with E-state index in [1.165, 1.54) is 27.2 Å². The third kappa shape index (κ3) is 5.17. The first-order chi connectivity index (χ1) is 26.3. The number of hydrogen-bond acceptors (Lipinski definition) is 3. The zero-order valence-corrected chi connectivity index (χ0v) is 28.8. The molecule has 0 aliphatic rings. The first kappa shape index (κ1) is 30.6. The van der Waals surface area contributed by atoms with Crippen LogP contribution in [0.25, 0.3) is 66.7 Å². The number of nitrogens with zero attached hydrogens (tertiary/aromatic N) is 5. The van der Waals surface area contributed by atoms with Gasteiger partial charge in [-0.15, -0.1) is 10.2 Å². The normalized spacial score (nSPS) is 11.4. The van der Waals surface area contributed by atoms with E-state index in [0.29, 0.717) is 0 Å².